The van der Waals surface area contributed by atoms with E-state index in [4.69, 9.17) is 18.7 Å². The SMILES string of the molecule is CC(C)=CCCC1(C)C=Cc2c(c(CC=C(C)C)c3c(c2OP(=O)(O)OP(=O)(O)OP(=O)(O)O)C(=O)C2=CC4CC5C(C)(C)OC(C/C=C(/C)C(=O)N6CCCCC6)(C4=O)C25O3)O1. The van der Waals surface area contributed by atoms with Crippen molar-refractivity contribution in [2.75, 3.05) is 13.1 Å². The predicted octanol–water partition coefficient (Wildman–Crippen LogP) is 8.17. The number of ether oxygens (including phenoxy) is 3. The van der Waals surface area contributed by atoms with Crippen molar-refractivity contribution in [3.63, 3.8) is 0 Å². The van der Waals surface area contributed by atoms with Gasteiger partial charge >= 0.3 is 23.5 Å². The Morgan fingerprint density at radius 3 is 2.19 bits per heavy atom. The molecule has 1 amide bonds. The van der Waals surface area contributed by atoms with Gasteiger partial charge in [0.1, 0.15) is 22.7 Å². The standard InChI is InChI=1S/C43H56NO16P3/c1-25(2)13-12-18-41(8)19-17-30-35(55-41)29(15-14-26(3)4)36-33(37(30)57-62(51,52)60-63(53,54)59-61(48,49)50)34(45)31-23-28-24-32-40(6,7)58-42(38(28)46,43(31,32)56-36)20-16-27(5)39(47)44-21-10-9-11-22-44/h13-14,16-17,19,23,28,32H,9-12,15,18,20-22,24H2,1-8H3,(H,51,52)(H,53,54)(H2,48,49,50)/b27-16-. The van der Waals surface area contributed by atoms with Crippen molar-refractivity contribution in [1.82, 2.24) is 4.90 Å². The van der Waals surface area contributed by atoms with Crippen LogP contribution >= 0.6 is 23.5 Å². The number of likely N-dealkylation sites (tertiary alicyclic amines) is 1. The van der Waals surface area contributed by atoms with E-state index in [1.807, 2.05) is 60.6 Å². The van der Waals surface area contributed by atoms with Crippen molar-refractivity contribution in [3.8, 4) is 17.2 Å². The average Bonchev–Trinajstić information content (AvgIpc) is 3.31. The summed E-state index contributed by atoms with van der Waals surface area (Å²) in [5.41, 5.74) is -3.43. The molecule has 0 radical (unpaired) electrons. The van der Waals surface area contributed by atoms with E-state index in [1.54, 1.807) is 24.0 Å². The highest BCUT2D eigenvalue weighted by Gasteiger charge is 2.81. The average molecular weight is 936 g/mol. The Balaban J connectivity index is 1.45. The Morgan fingerprint density at radius 2 is 1.56 bits per heavy atom. The highest BCUT2D eigenvalue weighted by atomic mass is 31.3. The summed E-state index contributed by atoms with van der Waals surface area (Å²) in [7, 11) is -17.7. The largest absolute Gasteiger partial charge is 0.536 e. The Labute approximate surface area is 366 Å². The van der Waals surface area contributed by atoms with Crippen LogP contribution in [0.15, 0.2) is 52.7 Å². The summed E-state index contributed by atoms with van der Waals surface area (Å²) >= 11 is 0. The maximum absolute atomic E-state index is 15.6. The van der Waals surface area contributed by atoms with Gasteiger partial charge in [0.15, 0.2) is 28.5 Å². The zero-order valence-electron chi connectivity index (χ0n) is 36.7. The number of carbonyl (C=O) groups excluding carboxylic acids is 3. The molecule has 7 aliphatic rings. The van der Waals surface area contributed by atoms with Crippen LogP contribution in [0.4, 0.5) is 0 Å². The molecule has 17 nitrogen and oxygen atoms in total. The highest BCUT2D eigenvalue weighted by Crippen LogP contribution is 2.71. The number of hydrogen-bond donors (Lipinski definition) is 4. The molecule has 4 heterocycles. The van der Waals surface area contributed by atoms with E-state index in [2.05, 4.69) is 8.62 Å². The molecule has 3 aliphatic carbocycles. The third-order valence-electron chi connectivity index (χ3n) is 12.7. The lowest BCUT2D eigenvalue weighted by Crippen LogP contribution is -2.72. The summed E-state index contributed by atoms with van der Waals surface area (Å²) < 4.78 is 72.5. The monoisotopic (exact) mass is 935 g/mol. The molecule has 63 heavy (non-hydrogen) atoms. The quantitative estimate of drug-likeness (QED) is 0.0781. The lowest BCUT2D eigenvalue weighted by Gasteiger charge is -2.56. The van der Waals surface area contributed by atoms with Crippen molar-refractivity contribution in [2.24, 2.45) is 11.8 Å². The number of phosphoric ester groups is 1. The highest BCUT2D eigenvalue weighted by molar-refractivity contribution is 7.66. The molecular weight excluding hydrogens is 879 g/mol. The number of allylic oxidation sites excluding steroid dienone is 5. The van der Waals surface area contributed by atoms with Crippen LogP contribution in [0.25, 0.3) is 6.08 Å². The summed E-state index contributed by atoms with van der Waals surface area (Å²) in [4.78, 5) is 85.5. The number of hydrogen-bond acceptors (Lipinski definition) is 12. The lowest BCUT2D eigenvalue weighted by molar-refractivity contribution is -0.171. The molecule has 8 rings (SSSR count). The zero-order chi connectivity index (χ0) is 46.3. The molecule has 4 bridgehead atoms. The minimum Gasteiger partial charge on any atom is -0.482 e. The molecule has 7 atom stereocenters. The Hall–Kier alpha value is -3.46. The minimum atomic E-state index is -6.00. The van der Waals surface area contributed by atoms with E-state index in [1.165, 1.54) is 12.2 Å². The molecule has 4 N–H and O–H groups in total. The second kappa shape index (κ2) is 16.5. The normalized spacial score (nSPS) is 29.8. The summed E-state index contributed by atoms with van der Waals surface area (Å²) in [6.07, 6.45) is 14.4. The molecule has 1 aromatic carbocycles. The van der Waals surface area contributed by atoms with Crippen LogP contribution in [0.5, 0.6) is 17.2 Å². The van der Waals surface area contributed by atoms with E-state index in [-0.39, 0.29) is 53.6 Å². The van der Waals surface area contributed by atoms with Crippen LogP contribution in [0.2, 0.25) is 0 Å². The number of benzene rings is 1. The number of fused-ring (bicyclic) bond motifs is 2. The first-order valence-electron chi connectivity index (χ1n) is 21.0. The fourth-order valence-electron chi connectivity index (χ4n) is 10.0. The van der Waals surface area contributed by atoms with Gasteiger partial charge in [0.25, 0.3) is 0 Å². The van der Waals surface area contributed by atoms with Crippen molar-refractivity contribution in [2.45, 2.75) is 129 Å². The van der Waals surface area contributed by atoms with Crippen molar-refractivity contribution in [3.05, 3.63) is 69.4 Å². The second-order valence-electron chi connectivity index (χ2n) is 18.5. The molecule has 4 aliphatic heterocycles. The predicted molar refractivity (Wildman–Crippen MR) is 230 cm³/mol. The van der Waals surface area contributed by atoms with Crippen molar-refractivity contribution >= 4 is 47.0 Å². The number of ketones is 2. The second-order valence-corrected chi connectivity index (χ2v) is 22.8. The van der Waals surface area contributed by atoms with Crippen LogP contribution in [0, 0.1) is 11.8 Å². The van der Waals surface area contributed by atoms with Gasteiger partial charge in [0.05, 0.1) is 11.2 Å². The first kappa shape index (κ1) is 47.5. The third kappa shape index (κ3) is 8.71. The third-order valence-corrected chi connectivity index (χ3v) is 16.5. The van der Waals surface area contributed by atoms with Crippen LogP contribution < -0.4 is 14.0 Å². The minimum absolute atomic E-state index is 0.0198. The molecule has 0 aromatic heterocycles. The number of nitrogens with zero attached hydrogens (tertiary/aromatic N) is 1. The fourth-order valence-corrected chi connectivity index (χ4v) is 13.1. The lowest BCUT2D eigenvalue weighted by atomic mass is 9.51. The first-order chi connectivity index (χ1) is 29.1. The van der Waals surface area contributed by atoms with E-state index >= 15 is 4.79 Å². The van der Waals surface area contributed by atoms with E-state index in [0.717, 1.165) is 30.4 Å². The van der Waals surface area contributed by atoms with Gasteiger partial charge in [0.2, 0.25) is 5.91 Å². The van der Waals surface area contributed by atoms with Crippen LogP contribution in [0.3, 0.4) is 0 Å². The maximum Gasteiger partial charge on any atom is 0.536 e. The molecule has 7 unspecified atom stereocenters. The van der Waals surface area contributed by atoms with Crippen LogP contribution in [0.1, 0.15) is 122 Å². The molecule has 1 saturated carbocycles. The van der Waals surface area contributed by atoms with Gasteiger partial charge in [-0.3, -0.25) is 19.3 Å². The van der Waals surface area contributed by atoms with E-state index in [9.17, 15) is 42.9 Å². The topological polar surface area (TPSA) is 242 Å². The van der Waals surface area contributed by atoms with E-state index in [0.29, 0.717) is 37.1 Å². The Kier molecular flexibility index (Phi) is 12.4. The van der Waals surface area contributed by atoms with Crippen LogP contribution in [-0.4, -0.2) is 77.4 Å². The molecule has 20 heteroatoms. The van der Waals surface area contributed by atoms with Gasteiger partial charge < -0.3 is 38.3 Å². The van der Waals surface area contributed by atoms with Gasteiger partial charge in [-0.05, 0) is 112 Å². The van der Waals surface area contributed by atoms with Gasteiger partial charge in [-0.1, -0.05) is 35.5 Å². The van der Waals surface area contributed by atoms with E-state index < -0.39 is 74.8 Å². The Bertz CT molecular complexity index is 2450. The molecular formula is C43H56NO16P3. The number of piperidine rings is 1. The van der Waals surface area contributed by atoms with Gasteiger partial charge in [-0.2, -0.15) is 8.62 Å². The zero-order valence-corrected chi connectivity index (χ0v) is 39.3. The number of amides is 1. The summed E-state index contributed by atoms with van der Waals surface area (Å²) in [5, 5.41) is 0. The molecule has 1 spiro atoms. The van der Waals surface area contributed by atoms with Gasteiger partial charge in [-0.25, -0.2) is 13.7 Å². The summed E-state index contributed by atoms with van der Waals surface area (Å²) in [6, 6.07) is 0. The molecule has 1 aromatic rings. The number of phosphoric acid groups is 3. The maximum atomic E-state index is 15.6. The number of rotatable bonds is 14. The molecule has 344 valence electrons. The van der Waals surface area contributed by atoms with Crippen molar-refractivity contribution < 1.29 is 75.0 Å². The number of Topliss-reactive ketones (excluding diaryl/α,β-unsaturated/α-hetero) is 2. The van der Waals surface area contributed by atoms with Crippen LogP contribution in [-0.2, 0) is 43.1 Å². The van der Waals surface area contributed by atoms with Crippen molar-refractivity contribution in [1.29, 1.82) is 0 Å². The van der Waals surface area contributed by atoms with Gasteiger partial charge in [0, 0.05) is 48.1 Å². The van der Waals surface area contributed by atoms with Gasteiger partial charge in [-0.15, -0.1) is 0 Å². The summed E-state index contributed by atoms with van der Waals surface area (Å²) in [5.74, 6) is -3.46. The number of carbonyl (C=O) groups is 3. The molecule has 2 saturated heterocycles. The molecule has 3 fully saturated rings. The summed E-state index contributed by atoms with van der Waals surface area (Å²) in [6.45, 7) is 16.0. The smallest absolute Gasteiger partial charge is 0.482 e. The Morgan fingerprint density at radius 1 is 0.889 bits per heavy atom. The first-order valence-corrected chi connectivity index (χ1v) is 25.5. The fraction of sp³-hybridized carbons (Fsp3) is 0.558.